The van der Waals surface area contributed by atoms with Gasteiger partial charge in [-0.25, -0.2) is 4.98 Å². The van der Waals surface area contributed by atoms with Crippen LogP contribution in [0.4, 0.5) is 5.00 Å². The Bertz CT molecular complexity index is 928. The molecule has 3 aromatic rings. The average molecular weight is 524 g/mol. The molecule has 8 heteroatoms. The monoisotopic (exact) mass is 524 g/mol. The molecular formula is C21H29IN6S. The Morgan fingerprint density at radius 2 is 2.03 bits per heavy atom. The second kappa shape index (κ2) is 10.3. The van der Waals surface area contributed by atoms with Crippen LogP contribution in [0.2, 0.25) is 0 Å². The number of hydrogen-bond donors (Lipinski definition) is 1. The minimum atomic E-state index is 0. The van der Waals surface area contributed by atoms with Crippen molar-refractivity contribution in [2.45, 2.75) is 20.3 Å². The van der Waals surface area contributed by atoms with Crippen LogP contribution in [-0.2, 0) is 6.42 Å². The highest BCUT2D eigenvalue weighted by atomic mass is 127. The lowest BCUT2D eigenvalue weighted by Crippen LogP contribution is -2.52. The lowest BCUT2D eigenvalue weighted by atomic mass is 10.3. The molecule has 6 nitrogen and oxygen atoms in total. The standard InChI is InChI=1S/C21H28N6S.HI/c1-3-22-21(26-13-11-25(12-14-26)19-7-5-15-28-19)23-9-8-18-16-27-10-4-6-17(2)20(27)24-18;/h4-7,10,15-16H,3,8-9,11-14H2,1-2H3,(H,22,23);1H. The summed E-state index contributed by atoms with van der Waals surface area (Å²) in [6.45, 7) is 9.93. The van der Waals surface area contributed by atoms with Gasteiger partial charge in [0, 0.05) is 58.1 Å². The van der Waals surface area contributed by atoms with E-state index in [0.717, 1.165) is 63.0 Å². The van der Waals surface area contributed by atoms with Gasteiger partial charge in [0.15, 0.2) is 5.96 Å². The summed E-state index contributed by atoms with van der Waals surface area (Å²) in [6.07, 6.45) is 5.02. The first-order valence-corrected chi connectivity index (χ1v) is 10.9. The van der Waals surface area contributed by atoms with E-state index >= 15 is 0 Å². The summed E-state index contributed by atoms with van der Waals surface area (Å²) in [6, 6.07) is 8.49. The number of piperazine rings is 1. The first-order valence-electron chi connectivity index (χ1n) is 9.99. The third-order valence-electron chi connectivity index (χ3n) is 5.09. The zero-order valence-electron chi connectivity index (χ0n) is 17.0. The summed E-state index contributed by atoms with van der Waals surface area (Å²) >= 11 is 1.82. The topological polar surface area (TPSA) is 48.2 Å². The number of nitrogens with zero attached hydrogens (tertiary/aromatic N) is 5. The number of hydrogen-bond acceptors (Lipinski definition) is 4. The molecule has 1 saturated heterocycles. The number of nitrogens with one attached hydrogen (secondary N) is 1. The Morgan fingerprint density at radius 3 is 2.72 bits per heavy atom. The molecule has 1 fully saturated rings. The molecule has 0 spiro atoms. The Morgan fingerprint density at radius 1 is 1.21 bits per heavy atom. The number of aromatic nitrogens is 2. The molecule has 0 unspecified atom stereocenters. The van der Waals surface area contributed by atoms with E-state index < -0.39 is 0 Å². The van der Waals surface area contributed by atoms with Crippen LogP contribution in [0, 0.1) is 6.92 Å². The van der Waals surface area contributed by atoms with Crippen LogP contribution >= 0.6 is 35.3 Å². The highest BCUT2D eigenvalue weighted by Crippen LogP contribution is 2.22. The predicted octanol–water partition coefficient (Wildman–Crippen LogP) is 3.65. The normalized spacial score (nSPS) is 14.9. The van der Waals surface area contributed by atoms with Crippen molar-refractivity contribution >= 4 is 51.9 Å². The average Bonchev–Trinajstić information content (AvgIpc) is 3.38. The van der Waals surface area contributed by atoms with Gasteiger partial charge in [-0.1, -0.05) is 6.07 Å². The summed E-state index contributed by atoms with van der Waals surface area (Å²) in [5.74, 6) is 1.02. The van der Waals surface area contributed by atoms with Crippen molar-refractivity contribution in [1.82, 2.24) is 19.6 Å². The Kier molecular flexibility index (Phi) is 7.77. The van der Waals surface area contributed by atoms with Crippen LogP contribution < -0.4 is 10.2 Å². The second-order valence-corrected chi connectivity index (χ2v) is 7.99. The summed E-state index contributed by atoms with van der Waals surface area (Å²) < 4.78 is 2.10. The van der Waals surface area contributed by atoms with Gasteiger partial charge in [0.05, 0.1) is 10.7 Å². The molecule has 0 bridgehead atoms. The summed E-state index contributed by atoms with van der Waals surface area (Å²) in [5.41, 5.74) is 3.34. The van der Waals surface area contributed by atoms with Crippen molar-refractivity contribution < 1.29 is 0 Å². The van der Waals surface area contributed by atoms with Gasteiger partial charge >= 0.3 is 0 Å². The molecule has 4 rings (SSSR count). The maximum atomic E-state index is 4.88. The number of rotatable bonds is 5. The lowest BCUT2D eigenvalue weighted by Gasteiger charge is -2.37. The SMILES string of the molecule is CCNC(=NCCc1cn2cccc(C)c2n1)N1CCN(c2cccs2)CC1.I. The van der Waals surface area contributed by atoms with E-state index in [4.69, 9.17) is 9.98 Å². The van der Waals surface area contributed by atoms with Crippen molar-refractivity contribution in [3.05, 3.63) is 53.3 Å². The van der Waals surface area contributed by atoms with Gasteiger partial charge in [-0.2, -0.15) is 0 Å². The molecule has 1 N–H and O–H groups in total. The van der Waals surface area contributed by atoms with Crippen LogP contribution in [0.15, 0.2) is 47.0 Å². The molecule has 0 atom stereocenters. The van der Waals surface area contributed by atoms with E-state index in [1.54, 1.807) is 0 Å². The van der Waals surface area contributed by atoms with Gasteiger partial charge in [-0.15, -0.1) is 35.3 Å². The minimum Gasteiger partial charge on any atom is -0.360 e. The van der Waals surface area contributed by atoms with Crippen LogP contribution in [0.1, 0.15) is 18.2 Å². The molecule has 0 amide bonds. The summed E-state index contributed by atoms with van der Waals surface area (Å²) in [4.78, 5) is 14.5. The van der Waals surface area contributed by atoms with Crippen molar-refractivity contribution in [2.24, 2.45) is 4.99 Å². The number of imidazole rings is 1. The zero-order chi connectivity index (χ0) is 19.3. The fourth-order valence-electron chi connectivity index (χ4n) is 3.62. The number of guanidine groups is 1. The van der Waals surface area contributed by atoms with Gasteiger partial charge in [0.1, 0.15) is 5.65 Å². The van der Waals surface area contributed by atoms with Crippen LogP contribution in [0.5, 0.6) is 0 Å². The third kappa shape index (κ3) is 5.22. The predicted molar refractivity (Wildman–Crippen MR) is 133 cm³/mol. The molecule has 156 valence electrons. The Balaban J connectivity index is 0.00000240. The number of fused-ring (bicyclic) bond motifs is 1. The lowest BCUT2D eigenvalue weighted by molar-refractivity contribution is 0.373. The first kappa shape index (κ1) is 21.9. The molecule has 4 heterocycles. The highest BCUT2D eigenvalue weighted by molar-refractivity contribution is 14.0. The smallest absolute Gasteiger partial charge is 0.194 e. The number of pyridine rings is 1. The Labute approximate surface area is 193 Å². The third-order valence-corrected chi connectivity index (χ3v) is 6.02. The number of aliphatic imine (C=N–C) groups is 1. The number of thiophene rings is 1. The minimum absolute atomic E-state index is 0. The summed E-state index contributed by atoms with van der Waals surface area (Å²) in [5, 5.41) is 6.97. The van der Waals surface area contributed by atoms with E-state index in [1.807, 2.05) is 11.3 Å². The van der Waals surface area contributed by atoms with Crippen molar-refractivity contribution in [2.75, 3.05) is 44.2 Å². The first-order chi connectivity index (χ1) is 13.7. The number of aryl methyl sites for hydroxylation is 1. The van der Waals surface area contributed by atoms with E-state index in [-0.39, 0.29) is 24.0 Å². The molecule has 1 aliphatic rings. The summed E-state index contributed by atoms with van der Waals surface area (Å²) in [7, 11) is 0. The van der Waals surface area contributed by atoms with Gasteiger partial charge in [0.2, 0.25) is 0 Å². The van der Waals surface area contributed by atoms with E-state index in [1.165, 1.54) is 10.6 Å². The van der Waals surface area contributed by atoms with Gasteiger partial charge in [0.25, 0.3) is 0 Å². The number of anilines is 1. The van der Waals surface area contributed by atoms with Crippen LogP contribution in [-0.4, -0.2) is 59.5 Å². The molecule has 3 aromatic heterocycles. The quantitative estimate of drug-likeness (QED) is 0.315. The van der Waals surface area contributed by atoms with Gasteiger partial charge < -0.3 is 19.5 Å². The molecule has 0 saturated carbocycles. The molecular weight excluding hydrogens is 495 g/mol. The Hall–Kier alpha value is -1.81. The highest BCUT2D eigenvalue weighted by Gasteiger charge is 2.20. The molecule has 0 radical (unpaired) electrons. The van der Waals surface area contributed by atoms with Crippen molar-refractivity contribution in [1.29, 1.82) is 0 Å². The van der Waals surface area contributed by atoms with Gasteiger partial charge in [-0.05, 0) is 43.0 Å². The van der Waals surface area contributed by atoms with Crippen molar-refractivity contribution in [3.63, 3.8) is 0 Å². The fraction of sp³-hybridized carbons (Fsp3) is 0.429. The molecule has 0 aromatic carbocycles. The maximum Gasteiger partial charge on any atom is 0.194 e. The van der Waals surface area contributed by atoms with Crippen LogP contribution in [0.3, 0.4) is 0 Å². The molecule has 29 heavy (non-hydrogen) atoms. The van der Waals surface area contributed by atoms with E-state index in [0.29, 0.717) is 0 Å². The second-order valence-electron chi connectivity index (χ2n) is 7.07. The molecule has 0 aliphatic carbocycles. The largest absolute Gasteiger partial charge is 0.360 e. The zero-order valence-corrected chi connectivity index (χ0v) is 20.2. The molecule has 1 aliphatic heterocycles. The van der Waals surface area contributed by atoms with Gasteiger partial charge in [-0.3, -0.25) is 4.99 Å². The van der Waals surface area contributed by atoms with E-state index in [2.05, 4.69) is 75.4 Å². The van der Waals surface area contributed by atoms with Crippen LogP contribution in [0.25, 0.3) is 5.65 Å². The van der Waals surface area contributed by atoms with Crippen molar-refractivity contribution in [3.8, 4) is 0 Å². The fourth-order valence-corrected chi connectivity index (χ4v) is 4.40. The maximum absolute atomic E-state index is 4.88. The van der Waals surface area contributed by atoms with E-state index in [9.17, 15) is 0 Å². The number of halogens is 1.